The van der Waals surface area contributed by atoms with Crippen molar-refractivity contribution in [2.75, 3.05) is 5.32 Å². The third-order valence-electron chi connectivity index (χ3n) is 4.30. The Morgan fingerprint density at radius 2 is 2.03 bits per heavy atom. The van der Waals surface area contributed by atoms with E-state index in [9.17, 15) is 0 Å². The minimum atomic E-state index is 0.0924. The van der Waals surface area contributed by atoms with Gasteiger partial charge in [0.15, 0.2) is 12.3 Å². The van der Waals surface area contributed by atoms with Gasteiger partial charge in [0.05, 0.1) is 0 Å². The second-order valence-electron chi connectivity index (χ2n) is 6.39. The summed E-state index contributed by atoms with van der Waals surface area (Å²) in [5.41, 5.74) is 5.92. The Morgan fingerprint density at radius 3 is 2.76 bits per heavy atom. The van der Waals surface area contributed by atoms with Gasteiger partial charge in [0, 0.05) is 53.2 Å². The summed E-state index contributed by atoms with van der Waals surface area (Å²) in [5, 5.41) is 17.6. The standard InChI is InChI=1S/C23H23N5O/c1-17(4-8-19-15-26-14-12-21(19)22-3-2-13-27-22)28-20-9-5-18(6-10-20)7-11-23(25)29-16-24/h2-6,8-10,12-16,24-25,27-28H,1,7,11H2/b8-4+,24-16?,25-23?. The number of ether oxygens (including phenoxy) is 1. The van der Waals surface area contributed by atoms with Crippen molar-refractivity contribution in [1.29, 1.82) is 10.8 Å². The van der Waals surface area contributed by atoms with Crippen molar-refractivity contribution >= 4 is 24.1 Å². The van der Waals surface area contributed by atoms with Gasteiger partial charge >= 0.3 is 0 Å². The molecule has 2 aromatic heterocycles. The van der Waals surface area contributed by atoms with E-state index < -0.39 is 0 Å². The molecular formula is C23H23N5O. The molecule has 3 rings (SSSR count). The monoisotopic (exact) mass is 385 g/mol. The van der Waals surface area contributed by atoms with E-state index in [2.05, 4.69) is 21.9 Å². The number of rotatable bonds is 9. The van der Waals surface area contributed by atoms with Crippen LogP contribution in [0.2, 0.25) is 0 Å². The topological polar surface area (TPSA) is 97.6 Å². The fourth-order valence-corrected chi connectivity index (χ4v) is 2.84. The molecule has 3 aromatic rings. The maximum Gasteiger partial charge on any atom is 0.189 e. The third kappa shape index (κ3) is 5.77. The van der Waals surface area contributed by atoms with Crippen molar-refractivity contribution in [3.63, 3.8) is 0 Å². The van der Waals surface area contributed by atoms with Crippen LogP contribution in [0.1, 0.15) is 17.5 Å². The van der Waals surface area contributed by atoms with Crippen LogP contribution in [-0.2, 0) is 11.2 Å². The summed E-state index contributed by atoms with van der Waals surface area (Å²) >= 11 is 0. The molecule has 2 heterocycles. The largest absolute Gasteiger partial charge is 0.433 e. The first-order valence-electron chi connectivity index (χ1n) is 9.19. The molecule has 146 valence electrons. The highest BCUT2D eigenvalue weighted by Gasteiger charge is 2.03. The first-order valence-corrected chi connectivity index (χ1v) is 9.19. The summed E-state index contributed by atoms with van der Waals surface area (Å²) < 4.78 is 4.72. The first-order chi connectivity index (χ1) is 14.2. The van der Waals surface area contributed by atoms with E-state index in [4.69, 9.17) is 15.6 Å². The molecule has 0 aliphatic rings. The molecular weight excluding hydrogens is 362 g/mol. The van der Waals surface area contributed by atoms with Crippen LogP contribution in [0.3, 0.4) is 0 Å². The number of hydrogen-bond acceptors (Lipinski definition) is 5. The fourth-order valence-electron chi connectivity index (χ4n) is 2.84. The summed E-state index contributed by atoms with van der Waals surface area (Å²) in [7, 11) is 0. The van der Waals surface area contributed by atoms with Crippen LogP contribution in [0.15, 0.2) is 79.4 Å². The zero-order valence-corrected chi connectivity index (χ0v) is 16.0. The van der Waals surface area contributed by atoms with Crippen molar-refractivity contribution < 1.29 is 4.74 Å². The van der Waals surface area contributed by atoms with Gasteiger partial charge in [-0.2, -0.15) is 0 Å². The Labute approximate surface area is 170 Å². The molecule has 4 N–H and O–H groups in total. The number of hydrogen-bond donors (Lipinski definition) is 4. The molecule has 0 saturated heterocycles. The van der Waals surface area contributed by atoms with Gasteiger partial charge in [-0.15, -0.1) is 0 Å². The van der Waals surface area contributed by atoms with Gasteiger partial charge in [0.2, 0.25) is 0 Å². The lowest BCUT2D eigenvalue weighted by Crippen LogP contribution is -2.03. The number of nitrogens with one attached hydrogen (secondary N) is 4. The molecule has 0 saturated carbocycles. The molecule has 0 aliphatic heterocycles. The average molecular weight is 385 g/mol. The smallest absolute Gasteiger partial charge is 0.189 e. The maximum absolute atomic E-state index is 7.54. The lowest BCUT2D eigenvalue weighted by atomic mass is 10.1. The molecule has 1 aromatic carbocycles. The summed E-state index contributed by atoms with van der Waals surface area (Å²) in [6, 6.07) is 13.9. The van der Waals surface area contributed by atoms with E-state index in [0.717, 1.165) is 40.2 Å². The highest BCUT2D eigenvalue weighted by atomic mass is 16.5. The number of nitrogens with zero attached hydrogens (tertiary/aromatic N) is 1. The number of aromatic nitrogens is 2. The zero-order valence-electron chi connectivity index (χ0n) is 16.0. The normalized spacial score (nSPS) is 10.6. The number of aryl methyl sites for hydroxylation is 1. The maximum atomic E-state index is 7.54. The van der Waals surface area contributed by atoms with E-state index in [1.165, 1.54) is 0 Å². The lowest BCUT2D eigenvalue weighted by Gasteiger charge is -2.08. The number of allylic oxidation sites excluding steroid dienone is 1. The van der Waals surface area contributed by atoms with Gasteiger partial charge in [0.25, 0.3) is 0 Å². The van der Waals surface area contributed by atoms with Crippen LogP contribution >= 0.6 is 0 Å². The zero-order chi connectivity index (χ0) is 20.5. The van der Waals surface area contributed by atoms with Crippen molar-refractivity contribution in [2.45, 2.75) is 12.8 Å². The highest BCUT2D eigenvalue weighted by molar-refractivity contribution is 5.79. The van der Waals surface area contributed by atoms with Crippen LogP contribution in [0.25, 0.3) is 17.3 Å². The van der Waals surface area contributed by atoms with E-state index in [0.29, 0.717) is 12.8 Å². The minimum Gasteiger partial charge on any atom is -0.433 e. The minimum absolute atomic E-state index is 0.0924. The van der Waals surface area contributed by atoms with E-state index in [1.807, 2.05) is 67.0 Å². The summed E-state index contributed by atoms with van der Waals surface area (Å²) in [5.74, 6) is 0.0924. The lowest BCUT2D eigenvalue weighted by molar-refractivity contribution is 0.537. The number of anilines is 1. The highest BCUT2D eigenvalue weighted by Crippen LogP contribution is 2.22. The molecule has 0 radical (unpaired) electrons. The van der Waals surface area contributed by atoms with Gasteiger partial charge in [-0.3, -0.25) is 15.8 Å². The Bertz CT molecular complexity index is 1000. The third-order valence-corrected chi connectivity index (χ3v) is 4.30. The Kier molecular flexibility index (Phi) is 6.73. The molecule has 0 amide bonds. The molecule has 0 unspecified atom stereocenters. The van der Waals surface area contributed by atoms with Crippen LogP contribution in [0.5, 0.6) is 0 Å². The number of aromatic amines is 1. The predicted molar refractivity (Wildman–Crippen MR) is 118 cm³/mol. The van der Waals surface area contributed by atoms with Crippen LogP contribution in [0.4, 0.5) is 5.69 Å². The van der Waals surface area contributed by atoms with Crippen molar-refractivity contribution in [3.8, 4) is 11.3 Å². The fraction of sp³-hybridized carbons (Fsp3) is 0.0870. The van der Waals surface area contributed by atoms with E-state index >= 15 is 0 Å². The molecule has 0 bridgehead atoms. The van der Waals surface area contributed by atoms with Gasteiger partial charge in [-0.1, -0.05) is 24.8 Å². The van der Waals surface area contributed by atoms with Gasteiger partial charge in [-0.05, 0) is 48.4 Å². The van der Waals surface area contributed by atoms with Gasteiger partial charge in [-0.25, -0.2) is 0 Å². The second-order valence-corrected chi connectivity index (χ2v) is 6.39. The molecule has 29 heavy (non-hydrogen) atoms. The van der Waals surface area contributed by atoms with Crippen LogP contribution < -0.4 is 5.32 Å². The van der Waals surface area contributed by atoms with Crippen molar-refractivity contribution in [1.82, 2.24) is 9.97 Å². The molecule has 0 spiro atoms. The summed E-state index contributed by atoms with van der Waals surface area (Å²) in [6.07, 6.45) is 11.4. The number of H-pyrrole nitrogens is 1. The van der Waals surface area contributed by atoms with Gasteiger partial charge < -0.3 is 15.0 Å². The van der Waals surface area contributed by atoms with Gasteiger partial charge in [0.1, 0.15) is 0 Å². The molecule has 6 heteroatoms. The molecule has 0 fully saturated rings. The molecule has 6 nitrogen and oxygen atoms in total. The van der Waals surface area contributed by atoms with Crippen molar-refractivity contribution in [3.05, 3.63) is 90.5 Å². The molecule has 0 aliphatic carbocycles. The summed E-state index contributed by atoms with van der Waals surface area (Å²) in [6.45, 7) is 4.07. The predicted octanol–water partition coefficient (Wildman–Crippen LogP) is 5.25. The SMILES string of the molecule is C=C(/C=C/c1cnccc1-c1ccc[nH]1)Nc1ccc(CCC(=N)OC=N)cc1. The Morgan fingerprint density at radius 1 is 1.21 bits per heavy atom. The number of benzene rings is 1. The van der Waals surface area contributed by atoms with Crippen LogP contribution in [0, 0.1) is 10.8 Å². The summed E-state index contributed by atoms with van der Waals surface area (Å²) in [4.78, 5) is 7.44. The van der Waals surface area contributed by atoms with E-state index in [-0.39, 0.29) is 5.90 Å². The Hall–Kier alpha value is -3.93. The average Bonchev–Trinajstić information content (AvgIpc) is 3.27. The quantitative estimate of drug-likeness (QED) is 0.230. The Balaban J connectivity index is 1.59. The molecule has 0 atom stereocenters. The second kappa shape index (κ2) is 9.85. The first kappa shape index (κ1) is 19.8. The van der Waals surface area contributed by atoms with Crippen LogP contribution in [-0.4, -0.2) is 22.3 Å². The number of pyridine rings is 1. The van der Waals surface area contributed by atoms with Crippen molar-refractivity contribution in [2.24, 2.45) is 0 Å². The van der Waals surface area contributed by atoms with E-state index in [1.54, 1.807) is 6.20 Å².